The number of benzene rings is 1. The number of carbonyl (C=O) groups excluding carboxylic acids is 1. The molecule has 0 spiro atoms. The van der Waals surface area contributed by atoms with Crippen LogP contribution < -0.4 is 10.6 Å². The zero-order chi connectivity index (χ0) is 14.9. The highest BCUT2D eigenvalue weighted by atomic mass is 16.6. The van der Waals surface area contributed by atoms with Gasteiger partial charge in [0.2, 0.25) is 5.91 Å². The van der Waals surface area contributed by atoms with Crippen molar-refractivity contribution in [2.75, 3.05) is 18.0 Å². The molecule has 1 heterocycles. The highest BCUT2D eigenvalue weighted by Crippen LogP contribution is 2.35. The van der Waals surface area contributed by atoms with Crippen molar-refractivity contribution in [3.05, 3.63) is 33.9 Å². The number of hydrogen-bond donors (Lipinski definition) is 1. The van der Waals surface area contributed by atoms with Crippen LogP contribution in [-0.2, 0) is 4.79 Å². The first-order valence-electron chi connectivity index (χ1n) is 6.11. The molecule has 7 nitrogen and oxygen atoms in total. The Morgan fingerprint density at radius 1 is 1.60 bits per heavy atom. The van der Waals surface area contributed by atoms with Crippen molar-refractivity contribution in [2.45, 2.75) is 13.3 Å². The maximum Gasteiger partial charge on any atom is 0.270 e. The van der Waals surface area contributed by atoms with E-state index in [1.54, 1.807) is 13.0 Å². The zero-order valence-electron chi connectivity index (χ0n) is 11.0. The summed E-state index contributed by atoms with van der Waals surface area (Å²) in [5.41, 5.74) is 5.46. The van der Waals surface area contributed by atoms with E-state index < -0.39 is 10.3 Å². The SMILES string of the molecule is CC1(C(N)=O)CCN(c2ccc([N+](=O)[O-])cc2C#N)C1. The number of nitriles is 1. The standard InChI is InChI=1S/C13H14N4O3/c1-13(12(15)18)4-5-16(8-13)11-3-2-10(17(19)20)6-9(11)7-14/h2-3,6H,4-5,8H2,1H3,(H2,15,18). The third-order valence-corrected chi connectivity index (χ3v) is 3.72. The van der Waals surface area contributed by atoms with Gasteiger partial charge in [0.15, 0.2) is 0 Å². The van der Waals surface area contributed by atoms with Crippen LogP contribution in [0.2, 0.25) is 0 Å². The first-order chi connectivity index (χ1) is 9.37. The smallest absolute Gasteiger partial charge is 0.270 e. The summed E-state index contributed by atoms with van der Waals surface area (Å²) in [6.45, 7) is 2.79. The molecule has 1 atom stereocenters. The van der Waals surface area contributed by atoms with E-state index in [0.717, 1.165) is 0 Å². The van der Waals surface area contributed by atoms with Crippen LogP contribution in [0.25, 0.3) is 0 Å². The van der Waals surface area contributed by atoms with Gasteiger partial charge in [-0.3, -0.25) is 14.9 Å². The third-order valence-electron chi connectivity index (χ3n) is 3.72. The molecule has 104 valence electrons. The van der Waals surface area contributed by atoms with Crippen LogP contribution >= 0.6 is 0 Å². The number of nitro benzene ring substituents is 1. The molecular formula is C13H14N4O3. The number of non-ortho nitro benzene ring substituents is 1. The Hall–Kier alpha value is -2.62. The Morgan fingerprint density at radius 2 is 2.30 bits per heavy atom. The Kier molecular flexibility index (Phi) is 3.32. The summed E-state index contributed by atoms with van der Waals surface area (Å²) in [6, 6.07) is 6.11. The number of nitro groups is 1. The van der Waals surface area contributed by atoms with Gasteiger partial charge in [-0.05, 0) is 19.4 Å². The van der Waals surface area contributed by atoms with Crippen LogP contribution in [0.5, 0.6) is 0 Å². The maximum absolute atomic E-state index is 11.4. The Labute approximate surface area is 115 Å². The fraction of sp³-hybridized carbons (Fsp3) is 0.385. The average molecular weight is 274 g/mol. The number of amides is 1. The maximum atomic E-state index is 11.4. The van der Waals surface area contributed by atoms with Gasteiger partial charge in [-0.15, -0.1) is 0 Å². The molecular weight excluding hydrogens is 260 g/mol. The Morgan fingerprint density at radius 3 is 2.80 bits per heavy atom. The monoisotopic (exact) mass is 274 g/mol. The van der Waals surface area contributed by atoms with Crippen molar-refractivity contribution in [2.24, 2.45) is 11.1 Å². The molecule has 1 aliphatic rings. The van der Waals surface area contributed by atoms with Crippen LogP contribution in [0.1, 0.15) is 18.9 Å². The summed E-state index contributed by atoms with van der Waals surface area (Å²) in [5, 5.41) is 19.8. The van der Waals surface area contributed by atoms with Gasteiger partial charge in [0.05, 0.1) is 21.6 Å². The predicted molar refractivity (Wildman–Crippen MR) is 71.9 cm³/mol. The van der Waals surface area contributed by atoms with E-state index in [0.29, 0.717) is 25.2 Å². The molecule has 0 aliphatic carbocycles. The average Bonchev–Trinajstić information content (AvgIpc) is 2.82. The molecule has 1 aromatic rings. The van der Waals surface area contributed by atoms with Gasteiger partial charge in [-0.2, -0.15) is 5.26 Å². The summed E-state index contributed by atoms with van der Waals surface area (Å²) in [5.74, 6) is -0.375. The molecule has 7 heteroatoms. The summed E-state index contributed by atoms with van der Waals surface area (Å²) < 4.78 is 0. The summed E-state index contributed by atoms with van der Waals surface area (Å²) in [4.78, 5) is 23.5. The first kappa shape index (κ1) is 13.8. The molecule has 20 heavy (non-hydrogen) atoms. The molecule has 1 unspecified atom stereocenters. The molecule has 2 rings (SSSR count). The largest absolute Gasteiger partial charge is 0.369 e. The fourth-order valence-corrected chi connectivity index (χ4v) is 2.37. The lowest BCUT2D eigenvalue weighted by molar-refractivity contribution is -0.384. The second-order valence-electron chi connectivity index (χ2n) is 5.17. The van der Waals surface area contributed by atoms with Crippen molar-refractivity contribution in [3.63, 3.8) is 0 Å². The topological polar surface area (TPSA) is 113 Å². The molecule has 0 radical (unpaired) electrons. The van der Waals surface area contributed by atoms with E-state index in [1.807, 2.05) is 11.0 Å². The number of anilines is 1. The minimum atomic E-state index is -0.630. The summed E-state index contributed by atoms with van der Waals surface area (Å²) >= 11 is 0. The molecule has 1 fully saturated rings. The highest BCUT2D eigenvalue weighted by Gasteiger charge is 2.39. The van der Waals surface area contributed by atoms with E-state index in [1.165, 1.54) is 12.1 Å². The van der Waals surface area contributed by atoms with Crippen molar-refractivity contribution < 1.29 is 9.72 Å². The van der Waals surface area contributed by atoms with Gasteiger partial charge in [-0.1, -0.05) is 0 Å². The quantitative estimate of drug-likeness (QED) is 0.656. The molecule has 0 saturated carbocycles. The predicted octanol–water partition coefficient (Wildman–Crippen LogP) is 1.17. The molecule has 0 aromatic heterocycles. The van der Waals surface area contributed by atoms with Crippen molar-refractivity contribution in [1.29, 1.82) is 5.26 Å². The van der Waals surface area contributed by atoms with Crippen LogP contribution in [0.15, 0.2) is 18.2 Å². The molecule has 1 amide bonds. The third kappa shape index (κ3) is 2.28. The Balaban J connectivity index is 2.34. The van der Waals surface area contributed by atoms with Gasteiger partial charge < -0.3 is 10.6 Å². The molecule has 1 aliphatic heterocycles. The highest BCUT2D eigenvalue weighted by molar-refractivity contribution is 5.82. The Bertz CT molecular complexity index is 623. The van der Waals surface area contributed by atoms with Gasteiger partial charge in [0, 0.05) is 25.2 Å². The van der Waals surface area contributed by atoms with Crippen LogP contribution in [-0.4, -0.2) is 23.9 Å². The van der Waals surface area contributed by atoms with Gasteiger partial charge in [0.1, 0.15) is 6.07 Å². The van der Waals surface area contributed by atoms with Crippen LogP contribution in [0.4, 0.5) is 11.4 Å². The lowest BCUT2D eigenvalue weighted by Crippen LogP contribution is -2.37. The van der Waals surface area contributed by atoms with E-state index in [4.69, 9.17) is 11.0 Å². The number of nitrogens with zero attached hydrogens (tertiary/aromatic N) is 3. The number of primary amides is 1. The van der Waals surface area contributed by atoms with Gasteiger partial charge >= 0.3 is 0 Å². The number of carbonyl (C=O) groups is 1. The minimum absolute atomic E-state index is 0.123. The molecule has 0 bridgehead atoms. The van der Waals surface area contributed by atoms with Gasteiger partial charge in [0.25, 0.3) is 5.69 Å². The number of nitrogens with two attached hydrogens (primary N) is 1. The van der Waals surface area contributed by atoms with Gasteiger partial charge in [-0.25, -0.2) is 0 Å². The summed E-state index contributed by atoms with van der Waals surface area (Å²) in [7, 11) is 0. The van der Waals surface area contributed by atoms with E-state index in [2.05, 4.69) is 0 Å². The van der Waals surface area contributed by atoms with Crippen molar-refractivity contribution in [3.8, 4) is 6.07 Å². The second-order valence-corrected chi connectivity index (χ2v) is 5.17. The fourth-order valence-electron chi connectivity index (χ4n) is 2.37. The van der Waals surface area contributed by atoms with E-state index in [-0.39, 0.29) is 17.2 Å². The lowest BCUT2D eigenvalue weighted by Gasteiger charge is -2.23. The molecule has 1 saturated heterocycles. The molecule has 2 N–H and O–H groups in total. The van der Waals surface area contributed by atoms with E-state index >= 15 is 0 Å². The normalized spacial score (nSPS) is 21.5. The molecule has 1 aromatic carbocycles. The second kappa shape index (κ2) is 4.81. The van der Waals surface area contributed by atoms with Crippen LogP contribution in [0.3, 0.4) is 0 Å². The van der Waals surface area contributed by atoms with Crippen molar-refractivity contribution in [1.82, 2.24) is 0 Å². The first-order valence-corrected chi connectivity index (χ1v) is 6.11. The number of hydrogen-bond acceptors (Lipinski definition) is 5. The summed E-state index contributed by atoms with van der Waals surface area (Å²) in [6.07, 6.45) is 0.601. The van der Waals surface area contributed by atoms with Crippen LogP contribution in [0, 0.1) is 26.9 Å². The number of rotatable bonds is 3. The van der Waals surface area contributed by atoms with Crippen molar-refractivity contribution >= 4 is 17.3 Å². The lowest BCUT2D eigenvalue weighted by atomic mass is 9.89. The zero-order valence-corrected chi connectivity index (χ0v) is 11.0. The minimum Gasteiger partial charge on any atom is -0.369 e. The van der Waals surface area contributed by atoms with E-state index in [9.17, 15) is 14.9 Å².